The van der Waals surface area contributed by atoms with Gasteiger partial charge < -0.3 is 15.2 Å². The average molecular weight is 400 g/mol. The molecule has 29 heavy (non-hydrogen) atoms. The summed E-state index contributed by atoms with van der Waals surface area (Å²) in [5, 5.41) is 4.57. The molecule has 1 aromatic heterocycles. The molecule has 0 amide bonds. The quantitative estimate of drug-likeness (QED) is 0.383. The number of hydrogen-bond acceptors (Lipinski definition) is 3. The molecule has 1 aliphatic rings. The third-order valence-corrected chi connectivity index (χ3v) is 6.80. The summed E-state index contributed by atoms with van der Waals surface area (Å²) in [6.45, 7) is 4.24. The molecular weight excluding hydrogens is 374 g/mol. The molecule has 0 radical (unpaired) electrons. The van der Waals surface area contributed by atoms with Gasteiger partial charge in [0.1, 0.15) is 0 Å². The highest BCUT2D eigenvalue weighted by molar-refractivity contribution is 7.99. The molecule has 5 rings (SSSR count). The Kier molecular flexibility index (Phi) is 4.82. The molecule has 146 valence electrons. The Labute approximate surface area is 176 Å². The van der Waals surface area contributed by atoms with Crippen LogP contribution in [0.15, 0.2) is 76.5 Å². The molecule has 0 saturated carbocycles. The maximum absolute atomic E-state index is 3.63. The zero-order valence-corrected chi connectivity index (χ0v) is 17.6. The lowest BCUT2D eigenvalue weighted by atomic mass is 10.1. The smallest absolute Gasteiger partial charge is 0.0553 e. The van der Waals surface area contributed by atoms with E-state index in [1.54, 1.807) is 0 Å². The highest BCUT2D eigenvalue weighted by Crippen LogP contribution is 2.49. The van der Waals surface area contributed by atoms with Gasteiger partial charge in [-0.2, -0.15) is 0 Å². The van der Waals surface area contributed by atoms with Gasteiger partial charge in [-0.25, -0.2) is 0 Å². The van der Waals surface area contributed by atoms with Crippen molar-refractivity contribution in [2.24, 2.45) is 0 Å². The summed E-state index contributed by atoms with van der Waals surface area (Å²) in [5.74, 6) is 0. The van der Waals surface area contributed by atoms with Crippen LogP contribution in [-0.4, -0.2) is 25.1 Å². The minimum absolute atomic E-state index is 1.01. The molecule has 1 aliphatic heterocycles. The van der Waals surface area contributed by atoms with E-state index in [1.165, 1.54) is 48.9 Å². The van der Waals surface area contributed by atoms with Gasteiger partial charge in [0.15, 0.2) is 0 Å². The first-order valence-corrected chi connectivity index (χ1v) is 11.0. The molecule has 4 aromatic rings. The molecular formula is C25H25N3S. The summed E-state index contributed by atoms with van der Waals surface area (Å²) < 4.78 is 0. The molecule has 0 bridgehead atoms. The number of aromatic amines is 1. The fourth-order valence-corrected chi connectivity index (χ4v) is 5.35. The number of hydrogen-bond donors (Lipinski definition) is 2. The zero-order valence-electron chi connectivity index (χ0n) is 16.8. The fraction of sp³-hybridized carbons (Fsp3) is 0.200. The molecule has 0 fully saturated rings. The van der Waals surface area contributed by atoms with E-state index in [0.29, 0.717) is 0 Å². The molecule has 3 nitrogen and oxygen atoms in total. The molecule has 0 atom stereocenters. The predicted molar refractivity (Wildman–Crippen MR) is 125 cm³/mol. The topological polar surface area (TPSA) is 31.1 Å². The van der Waals surface area contributed by atoms with Crippen LogP contribution in [0.4, 0.5) is 11.4 Å². The molecule has 4 heteroatoms. The molecule has 0 aliphatic carbocycles. The number of benzene rings is 3. The predicted octanol–water partition coefficient (Wildman–Crippen LogP) is 6.36. The van der Waals surface area contributed by atoms with Gasteiger partial charge in [-0.05, 0) is 68.4 Å². The number of H-pyrrole nitrogens is 1. The average Bonchev–Trinajstić information content (AvgIpc) is 3.10. The fourth-order valence-electron chi connectivity index (χ4n) is 4.21. The van der Waals surface area contributed by atoms with Crippen LogP contribution >= 0.6 is 11.8 Å². The largest absolute Gasteiger partial charge is 0.354 e. The van der Waals surface area contributed by atoms with Gasteiger partial charge in [0.2, 0.25) is 0 Å². The van der Waals surface area contributed by atoms with Gasteiger partial charge in [-0.3, -0.25) is 0 Å². The summed E-state index contributed by atoms with van der Waals surface area (Å²) in [6.07, 6.45) is 1.11. The van der Waals surface area contributed by atoms with E-state index < -0.39 is 0 Å². The van der Waals surface area contributed by atoms with Crippen LogP contribution in [0.2, 0.25) is 0 Å². The van der Waals surface area contributed by atoms with Crippen LogP contribution in [0.3, 0.4) is 0 Å². The van der Waals surface area contributed by atoms with Crippen molar-refractivity contribution in [3.63, 3.8) is 0 Å². The van der Waals surface area contributed by atoms with E-state index in [4.69, 9.17) is 0 Å². The molecule has 0 saturated heterocycles. The van der Waals surface area contributed by atoms with Crippen LogP contribution in [0.5, 0.6) is 0 Å². The van der Waals surface area contributed by atoms with E-state index in [1.807, 2.05) is 18.8 Å². The third kappa shape index (κ3) is 3.22. The Bertz CT molecular complexity index is 1180. The van der Waals surface area contributed by atoms with Gasteiger partial charge in [-0.1, -0.05) is 48.2 Å². The molecule has 3 aromatic carbocycles. The molecule has 2 N–H and O–H groups in total. The second-order valence-corrected chi connectivity index (χ2v) is 8.62. The van der Waals surface area contributed by atoms with Crippen LogP contribution in [0.25, 0.3) is 22.2 Å². The minimum atomic E-state index is 1.01. The number of aryl methyl sites for hydroxylation is 1. The first-order valence-electron chi connectivity index (χ1n) is 10.2. The number of nitrogens with zero attached hydrogens (tertiary/aromatic N) is 1. The van der Waals surface area contributed by atoms with E-state index >= 15 is 0 Å². The Hall–Kier alpha value is -2.69. The standard InChI is InChI=1S/C25H25N3S/c1-17-19-8-3-4-9-20(19)27-25(17)18-12-13-22-24(16-18)29-23-11-6-5-10-21(23)28(22)15-7-14-26-2/h3-6,8-13,16,26-27H,7,14-15H2,1-2H3. The van der Waals surface area contributed by atoms with Crippen molar-refractivity contribution in [2.75, 3.05) is 25.0 Å². The van der Waals surface area contributed by atoms with Gasteiger partial charge >= 0.3 is 0 Å². The summed E-state index contributed by atoms with van der Waals surface area (Å²) >= 11 is 1.88. The van der Waals surface area contributed by atoms with Crippen LogP contribution < -0.4 is 10.2 Å². The van der Waals surface area contributed by atoms with E-state index in [-0.39, 0.29) is 0 Å². The Morgan fingerprint density at radius 3 is 2.59 bits per heavy atom. The lowest BCUT2D eigenvalue weighted by molar-refractivity contribution is 0.719. The number of anilines is 2. The SMILES string of the molecule is CNCCCN1c2ccccc2Sc2cc(-c3[nH]c4ccccc4c3C)ccc21. The Morgan fingerprint density at radius 2 is 1.72 bits per heavy atom. The van der Waals surface area contributed by atoms with Gasteiger partial charge in [0, 0.05) is 32.9 Å². The van der Waals surface area contributed by atoms with Crippen LogP contribution in [0, 0.1) is 6.92 Å². The maximum Gasteiger partial charge on any atom is 0.0553 e. The van der Waals surface area contributed by atoms with Gasteiger partial charge in [0.25, 0.3) is 0 Å². The molecule has 0 unspecified atom stereocenters. The van der Waals surface area contributed by atoms with E-state index in [9.17, 15) is 0 Å². The Morgan fingerprint density at radius 1 is 0.931 bits per heavy atom. The van der Waals surface area contributed by atoms with Crippen molar-refractivity contribution < 1.29 is 0 Å². The number of rotatable bonds is 5. The van der Waals surface area contributed by atoms with Gasteiger partial charge in [0.05, 0.1) is 11.4 Å². The number of aromatic nitrogens is 1. The maximum atomic E-state index is 3.63. The summed E-state index contributed by atoms with van der Waals surface area (Å²) in [5.41, 5.74) is 7.60. The minimum Gasteiger partial charge on any atom is -0.354 e. The molecule has 2 heterocycles. The first-order chi connectivity index (χ1) is 14.3. The molecule has 0 spiro atoms. The summed E-state index contributed by atoms with van der Waals surface area (Å²) in [7, 11) is 2.02. The number of nitrogens with one attached hydrogen (secondary N) is 2. The third-order valence-electron chi connectivity index (χ3n) is 5.69. The van der Waals surface area contributed by atoms with Gasteiger partial charge in [-0.15, -0.1) is 0 Å². The monoisotopic (exact) mass is 399 g/mol. The Balaban J connectivity index is 1.58. The van der Waals surface area contributed by atoms with Crippen LogP contribution in [-0.2, 0) is 0 Å². The second kappa shape index (κ2) is 7.62. The zero-order chi connectivity index (χ0) is 19.8. The number of fused-ring (bicyclic) bond motifs is 3. The van der Waals surface area contributed by atoms with Crippen molar-refractivity contribution in [2.45, 2.75) is 23.1 Å². The van der Waals surface area contributed by atoms with Crippen molar-refractivity contribution in [1.82, 2.24) is 10.3 Å². The lowest BCUT2D eigenvalue weighted by Gasteiger charge is -2.33. The highest BCUT2D eigenvalue weighted by atomic mass is 32.2. The van der Waals surface area contributed by atoms with E-state index in [2.05, 4.69) is 88.9 Å². The number of para-hydroxylation sites is 2. The van der Waals surface area contributed by atoms with Crippen molar-refractivity contribution >= 4 is 34.0 Å². The normalized spacial score (nSPS) is 12.8. The van der Waals surface area contributed by atoms with Crippen molar-refractivity contribution in [3.8, 4) is 11.3 Å². The summed E-state index contributed by atoms with van der Waals surface area (Å²) in [4.78, 5) is 8.75. The van der Waals surface area contributed by atoms with Crippen LogP contribution in [0.1, 0.15) is 12.0 Å². The second-order valence-electron chi connectivity index (χ2n) is 7.53. The van der Waals surface area contributed by atoms with Crippen molar-refractivity contribution in [3.05, 3.63) is 72.3 Å². The summed E-state index contributed by atoms with van der Waals surface area (Å²) in [6, 6.07) is 24.2. The highest BCUT2D eigenvalue weighted by Gasteiger charge is 2.23. The van der Waals surface area contributed by atoms with E-state index in [0.717, 1.165) is 19.5 Å². The van der Waals surface area contributed by atoms with Crippen molar-refractivity contribution in [1.29, 1.82) is 0 Å². The lowest BCUT2D eigenvalue weighted by Crippen LogP contribution is -2.24. The first kappa shape index (κ1) is 18.3.